The van der Waals surface area contributed by atoms with E-state index in [2.05, 4.69) is 118 Å². The van der Waals surface area contributed by atoms with Crippen LogP contribution < -0.4 is 0 Å². The van der Waals surface area contributed by atoms with E-state index < -0.39 is 0 Å². The highest BCUT2D eigenvalue weighted by Gasteiger charge is 2.21. The molecular weight excluding hydrogens is 611 g/mol. The van der Waals surface area contributed by atoms with Crippen LogP contribution >= 0.6 is 0 Å². The summed E-state index contributed by atoms with van der Waals surface area (Å²) in [6, 6.07) is 49.8. The van der Waals surface area contributed by atoms with E-state index in [-0.39, 0.29) is 0 Å². The number of para-hydroxylation sites is 2. The number of nitrogens with zero attached hydrogens (tertiary/aromatic N) is 5. The summed E-state index contributed by atoms with van der Waals surface area (Å²) < 4.78 is 4.55. The molecule has 0 radical (unpaired) electrons. The maximum absolute atomic E-state index is 10.2. The Morgan fingerprint density at radius 2 is 1.18 bits per heavy atom. The Hall–Kier alpha value is -7.13. The van der Waals surface area contributed by atoms with Crippen LogP contribution in [0.4, 0.5) is 0 Å². The lowest BCUT2D eigenvalue weighted by Gasteiger charge is -2.18. The molecule has 1 aliphatic carbocycles. The number of aromatic nitrogens is 2. The van der Waals surface area contributed by atoms with E-state index in [0.717, 1.165) is 68.3 Å². The van der Waals surface area contributed by atoms with Gasteiger partial charge in [0, 0.05) is 38.7 Å². The van der Waals surface area contributed by atoms with Gasteiger partial charge in [-0.05, 0) is 102 Å². The predicted molar refractivity (Wildman–Crippen MR) is 200 cm³/mol. The number of nitriles is 3. The Kier molecular flexibility index (Phi) is 6.70. The Morgan fingerprint density at radius 3 is 1.94 bits per heavy atom. The van der Waals surface area contributed by atoms with Crippen molar-refractivity contribution in [3.05, 3.63) is 161 Å². The highest BCUT2D eigenvalue weighted by atomic mass is 15.0. The van der Waals surface area contributed by atoms with E-state index in [1.165, 1.54) is 22.2 Å². The van der Waals surface area contributed by atoms with Crippen LogP contribution in [-0.2, 0) is 6.42 Å². The highest BCUT2D eigenvalue weighted by molar-refractivity contribution is 6.10. The molecule has 0 aliphatic heterocycles. The minimum Gasteiger partial charge on any atom is -0.312 e. The molecule has 5 nitrogen and oxygen atoms in total. The lowest BCUT2D eigenvalue weighted by atomic mass is 9.96. The average molecular weight is 638 g/mol. The molecule has 232 valence electrons. The molecule has 0 saturated heterocycles. The molecule has 0 bridgehead atoms. The molecule has 0 spiro atoms. The summed E-state index contributed by atoms with van der Waals surface area (Å²) in [4.78, 5) is 0. The largest absolute Gasteiger partial charge is 0.312 e. The predicted octanol–water partition coefficient (Wildman–Crippen LogP) is 10.6. The monoisotopic (exact) mass is 637 g/mol. The number of allylic oxidation sites excluding steroid dienone is 1. The van der Waals surface area contributed by atoms with Crippen LogP contribution in [0.15, 0.2) is 133 Å². The molecule has 0 unspecified atom stereocenters. The normalized spacial score (nSPS) is 12.1. The Bertz CT molecular complexity index is 2790. The molecule has 8 aromatic rings. The summed E-state index contributed by atoms with van der Waals surface area (Å²) in [5.74, 6) is 0. The summed E-state index contributed by atoms with van der Waals surface area (Å²) in [5, 5.41) is 32.5. The van der Waals surface area contributed by atoms with Gasteiger partial charge >= 0.3 is 0 Å². The lowest BCUT2D eigenvalue weighted by molar-refractivity contribution is 0.889. The van der Waals surface area contributed by atoms with Gasteiger partial charge in [0.25, 0.3) is 0 Å². The van der Waals surface area contributed by atoms with Gasteiger partial charge < -0.3 is 9.13 Å². The quantitative estimate of drug-likeness (QED) is 0.193. The van der Waals surface area contributed by atoms with Crippen LogP contribution in [0.5, 0.6) is 0 Å². The zero-order valence-electron chi connectivity index (χ0n) is 26.9. The molecule has 6 aromatic carbocycles. The molecular formula is C45H27N5. The van der Waals surface area contributed by atoms with Gasteiger partial charge in [-0.25, -0.2) is 0 Å². The topological polar surface area (TPSA) is 81.2 Å². The van der Waals surface area contributed by atoms with Crippen LogP contribution in [0, 0.1) is 34.0 Å². The standard InChI is InChI=1S/C45H27N5/c46-26-29-16-18-44-39(22-29)40-23-30(27-47)17-19-45(40)49(44)35-21-31(28-48)20-34(25-35)32-8-7-9-33(24-32)36-10-1-4-13-41(36)50-42-14-5-2-11-37(42)38-12-3-6-15-43(38)50/h1-5,7-14,16-25H,6,15H2. The minimum absolute atomic E-state index is 0.541. The minimum atomic E-state index is 0.541. The summed E-state index contributed by atoms with van der Waals surface area (Å²) in [7, 11) is 0. The van der Waals surface area contributed by atoms with E-state index in [1.54, 1.807) is 12.1 Å². The van der Waals surface area contributed by atoms with Gasteiger partial charge in [0.15, 0.2) is 0 Å². The van der Waals surface area contributed by atoms with Crippen molar-refractivity contribution >= 4 is 38.8 Å². The van der Waals surface area contributed by atoms with Crippen molar-refractivity contribution < 1.29 is 0 Å². The van der Waals surface area contributed by atoms with Crippen molar-refractivity contribution in [2.45, 2.75) is 12.8 Å². The molecule has 0 atom stereocenters. The Balaban J connectivity index is 1.22. The van der Waals surface area contributed by atoms with Crippen molar-refractivity contribution in [2.24, 2.45) is 0 Å². The lowest BCUT2D eigenvalue weighted by Crippen LogP contribution is -2.04. The molecule has 50 heavy (non-hydrogen) atoms. The van der Waals surface area contributed by atoms with Crippen molar-refractivity contribution in [3.63, 3.8) is 0 Å². The van der Waals surface area contributed by atoms with E-state index in [9.17, 15) is 15.8 Å². The first-order valence-corrected chi connectivity index (χ1v) is 16.6. The van der Waals surface area contributed by atoms with Crippen molar-refractivity contribution in [2.75, 3.05) is 0 Å². The second-order valence-electron chi connectivity index (χ2n) is 12.7. The summed E-state index contributed by atoms with van der Waals surface area (Å²) >= 11 is 0. The van der Waals surface area contributed by atoms with Gasteiger partial charge in [-0.2, -0.15) is 15.8 Å². The number of hydrogen-bond donors (Lipinski definition) is 0. The van der Waals surface area contributed by atoms with E-state index in [4.69, 9.17) is 0 Å². The highest BCUT2D eigenvalue weighted by Crippen LogP contribution is 2.39. The summed E-state index contributed by atoms with van der Waals surface area (Å²) in [5.41, 5.74) is 13.4. The fraction of sp³-hybridized carbons (Fsp3) is 0.0444. The van der Waals surface area contributed by atoms with Gasteiger partial charge in [0.2, 0.25) is 0 Å². The first-order valence-electron chi connectivity index (χ1n) is 16.6. The van der Waals surface area contributed by atoms with E-state index >= 15 is 0 Å². The van der Waals surface area contributed by atoms with Crippen LogP contribution in [0.2, 0.25) is 0 Å². The molecule has 1 aliphatic rings. The van der Waals surface area contributed by atoms with E-state index in [1.807, 2.05) is 36.4 Å². The van der Waals surface area contributed by atoms with E-state index in [0.29, 0.717) is 16.7 Å². The average Bonchev–Trinajstić information content (AvgIpc) is 3.69. The van der Waals surface area contributed by atoms with Crippen LogP contribution in [0.1, 0.15) is 34.4 Å². The third-order valence-corrected chi connectivity index (χ3v) is 9.83. The fourth-order valence-electron chi connectivity index (χ4n) is 7.64. The van der Waals surface area contributed by atoms with Gasteiger partial charge in [0.1, 0.15) is 0 Å². The molecule has 0 N–H and O–H groups in total. The number of hydrogen-bond acceptors (Lipinski definition) is 3. The maximum atomic E-state index is 10.2. The van der Waals surface area contributed by atoms with Crippen LogP contribution in [0.3, 0.4) is 0 Å². The molecule has 0 saturated carbocycles. The second kappa shape index (κ2) is 11.5. The zero-order valence-corrected chi connectivity index (χ0v) is 26.9. The maximum Gasteiger partial charge on any atom is 0.0992 e. The SMILES string of the molecule is N#Cc1cc(-c2cccc(-c3ccccc3-n3c4c(c5ccccc53)C=CCC4)c2)cc(-n2c3ccc(C#N)cc3c3cc(C#N)ccc32)c1. The van der Waals surface area contributed by atoms with Crippen molar-refractivity contribution in [3.8, 4) is 51.8 Å². The Labute approximate surface area is 289 Å². The molecule has 0 fully saturated rings. The summed E-state index contributed by atoms with van der Waals surface area (Å²) in [6.45, 7) is 0. The molecule has 5 heteroatoms. The van der Waals surface area contributed by atoms with Crippen LogP contribution in [-0.4, -0.2) is 9.13 Å². The first kappa shape index (κ1) is 29.0. The van der Waals surface area contributed by atoms with Crippen LogP contribution in [0.25, 0.3) is 72.4 Å². The Morgan fingerprint density at radius 1 is 0.500 bits per heavy atom. The number of fused-ring (bicyclic) bond motifs is 6. The molecule has 0 amide bonds. The zero-order chi connectivity index (χ0) is 33.8. The fourth-order valence-corrected chi connectivity index (χ4v) is 7.64. The van der Waals surface area contributed by atoms with Gasteiger partial charge in [-0.1, -0.05) is 66.7 Å². The number of benzene rings is 6. The summed E-state index contributed by atoms with van der Waals surface area (Å²) in [6.07, 6.45) is 6.54. The molecule has 2 heterocycles. The molecule has 2 aromatic heterocycles. The number of rotatable bonds is 4. The van der Waals surface area contributed by atoms with Crippen molar-refractivity contribution in [1.82, 2.24) is 9.13 Å². The first-order chi connectivity index (χ1) is 24.6. The van der Waals surface area contributed by atoms with Gasteiger partial charge in [-0.15, -0.1) is 0 Å². The third-order valence-electron chi connectivity index (χ3n) is 9.83. The van der Waals surface area contributed by atoms with Gasteiger partial charge in [0.05, 0.1) is 57.1 Å². The second-order valence-corrected chi connectivity index (χ2v) is 12.7. The van der Waals surface area contributed by atoms with Gasteiger partial charge in [-0.3, -0.25) is 0 Å². The van der Waals surface area contributed by atoms with Crippen molar-refractivity contribution in [1.29, 1.82) is 15.8 Å². The molecule has 9 rings (SSSR count). The third kappa shape index (κ3) is 4.52. The smallest absolute Gasteiger partial charge is 0.0992 e.